The topological polar surface area (TPSA) is 54.5 Å². The van der Waals surface area contributed by atoms with Gasteiger partial charge in [-0.05, 0) is 30.1 Å². The van der Waals surface area contributed by atoms with Crippen molar-refractivity contribution >= 4 is 15.7 Å². The molecule has 2 bridgehead atoms. The highest BCUT2D eigenvalue weighted by Crippen LogP contribution is 2.52. The van der Waals surface area contributed by atoms with Gasteiger partial charge in [0.2, 0.25) is 5.91 Å². The fourth-order valence-electron chi connectivity index (χ4n) is 4.00. The van der Waals surface area contributed by atoms with E-state index in [9.17, 15) is 13.2 Å². The van der Waals surface area contributed by atoms with Crippen LogP contribution in [0.15, 0.2) is 11.5 Å². The van der Waals surface area contributed by atoms with E-state index in [1.807, 2.05) is 4.90 Å². The Hall–Kier alpha value is -0.840. The number of likely N-dealkylation sites (tertiary alicyclic amines) is 1. The second kappa shape index (κ2) is 4.33. The van der Waals surface area contributed by atoms with Crippen LogP contribution in [0.5, 0.6) is 0 Å². The number of amides is 1. The molecule has 108 valence electrons. The van der Waals surface area contributed by atoms with Crippen LogP contribution in [0.25, 0.3) is 0 Å². The lowest BCUT2D eigenvalue weighted by Gasteiger charge is -2.39. The molecule has 1 aliphatic carbocycles. The molecule has 5 heteroatoms. The van der Waals surface area contributed by atoms with Gasteiger partial charge in [-0.15, -0.1) is 0 Å². The van der Waals surface area contributed by atoms with Crippen molar-refractivity contribution < 1.29 is 13.2 Å². The lowest BCUT2D eigenvalue weighted by Crippen LogP contribution is -2.37. The molecule has 4 nitrogen and oxygen atoms in total. The van der Waals surface area contributed by atoms with E-state index in [1.54, 1.807) is 0 Å². The maximum atomic E-state index is 12.2. The predicted octanol–water partition coefficient (Wildman–Crippen LogP) is 1.97. The molecule has 2 aliphatic rings. The zero-order valence-electron chi connectivity index (χ0n) is 12.1. The molecule has 1 saturated carbocycles. The Kier molecular flexibility index (Phi) is 3.32. The van der Waals surface area contributed by atoms with Crippen LogP contribution in [0.4, 0.5) is 0 Å². The molecule has 0 spiro atoms. The zero-order chi connectivity index (χ0) is 14.5. The largest absolute Gasteiger partial charge is 0.336 e. The van der Waals surface area contributed by atoms with Gasteiger partial charge in [0, 0.05) is 30.3 Å². The number of hydrogen-bond acceptors (Lipinski definition) is 3. The minimum atomic E-state index is -3.24. The van der Waals surface area contributed by atoms with Gasteiger partial charge < -0.3 is 4.90 Å². The molecule has 0 radical (unpaired) electrons. The van der Waals surface area contributed by atoms with Crippen LogP contribution in [-0.2, 0) is 14.6 Å². The van der Waals surface area contributed by atoms with Gasteiger partial charge in [0.1, 0.15) is 0 Å². The Labute approximate surface area is 115 Å². The van der Waals surface area contributed by atoms with Gasteiger partial charge in [0.05, 0.1) is 0 Å². The summed E-state index contributed by atoms with van der Waals surface area (Å²) in [5, 5.41) is 1.01. The maximum absolute atomic E-state index is 12.2. The van der Waals surface area contributed by atoms with E-state index in [1.165, 1.54) is 6.08 Å². The molecule has 0 aromatic carbocycles. The van der Waals surface area contributed by atoms with Crippen molar-refractivity contribution in [1.29, 1.82) is 0 Å². The third-order valence-corrected chi connectivity index (χ3v) is 4.79. The molecule has 1 saturated heterocycles. The Morgan fingerprint density at radius 2 is 1.89 bits per heavy atom. The molecular weight excluding hydrogens is 262 g/mol. The Bertz CT molecular complexity index is 521. The Morgan fingerprint density at radius 3 is 2.47 bits per heavy atom. The number of nitrogens with zero attached hydrogens (tertiary/aromatic N) is 1. The smallest absolute Gasteiger partial charge is 0.247 e. The van der Waals surface area contributed by atoms with Crippen LogP contribution in [0.2, 0.25) is 0 Å². The van der Waals surface area contributed by atoms with Crippen molar-refractivity contribution in [3.8, 4) is 0 Å². The summed E-state index contributed by atoms with van der Waals surface area (Å²) in [6, 6.07) is 0.255. The minimum Gasteiger partial charge on any atom is -0.336 e. The highest BCUT2D eigenvalue weighted by molar-refractivity contribution is 7.93. The molecule has 1 heterocycles. The highest BCUT2D eigenvalue weighted by Gasteiger charge is 2.50. The normalized spacial score (nSPS) is 33.9. The summed E-state index contributed by atoms with van der Waals surface area (Å²) in [6.07, 6.45) is 5.46. The molecule has 1 amide bonds. The number of carbonyl (C=O) groups is 1. The standard InChI is InChI=1S/C14H23NO3S/c1-13(2)7-11-8-14(3,9-13)10-15(11)12(16)5-6-19(4,17)18/h5-6,11H,7-10H2,1-4H3/b6-5+. The number of rotatable bonds is 2. The fraction of sp³-hybridized carbons (Fsp3) is 0.786. The van der Waals surface area contributed by atoms with Crippen molar-refractivity contribution in [3.05, 3.63) is 11.5 Å². The lowest BCUT2D eigenvalue weighted by atomic mass is 9.65. The fourth-order valence-corrected chi connectivity index (χ4v) is 4.36. The number of hydrogen-bond donors (Lipinski definition) is 0. The van der Waals surface area contributed by atoms with Crippen LogP contribution >= 0.6 is 0 Å². The SMILES string of the molecule is CC1(C)CC2CC(C)(CN2C(=O)/C=C/S(C)(=O)=O)C1. The third-order valence-electron chi connectivity index (χ3n) is 4.16. The van der Waals surface area contributed by atoms with E-state index < -0.39 is 9.84 Å². The van der Waals surface area contributed by atoms with Gasteiger partial charge in [-0.1, -0.05) is 20.8 Å². The van der Waals surface area contributed by atoms with Crippen molar-refractivity contribution in [2.45, 2.75) is 46.1 Å². The monoisotopic (exact) mass is 285 g/mol. The zero-order valence-corrected chi connectivity index (χ0v) is 13.0. The summed E-state index contributed by atoms with van der Waals surface area (Å²) < 4.78 is 22.2. The van der Waals surface area contributed by atoms with Crippen molar-refractivity contribution in [2.75, 3.05) is 12.8 Å². The molecule has 1 aliphatic heterocycles. The van der Waals surface area contributed by atoms with E-state index in [0.717, 1.165) is 37.5 Å². The summed E-state index contributed by atoms with van der Waals surface area (Å²) in [5.41, 5.74) is 0.439. The molecule has 2 fully saturated rings. The first-order chi connectivity index (χ1) is 8.50. The second-order valence-corrected chi connectivity index (χ2v) is 9.24. The molecular formula is C14H23NO3S. The average molecular weight is 285 g/mol. The first-order valence-electron chi connectivity index (χ1n) is 6.69. The summed E-state index contributed by atoms with van der Waals surface area (Å²) in [4.78, 5) is 14.0. The lowest BCUT2D eigenvalue weighted by molar-refractivity contribution is -0.127. The number of fused-ring (bicyclic) bond motifs is 2. The second-order valence-electron chi connectivity index (χ2n) is 7.31. The highest BCUT2D eigenvalue weighted by atomic mass is 32.2. The van der Waals surface area contributed by atoms with Crippen LogP contribution in [0.1, 0.15) is 40.0 Å². The van der Waals surface area contributed by atoms with Gasteiger partial charge in [0.15, 0.2) is 9.84 Å². The van der Waals surface area contributed by atoms with Crippen molar-refractivity contribution in [1.82, 2.24) is 4.90 Å². The van der Waals surface area contributed by atoms with E-state index in [0.29, 0.717) is 0 Å². The molecule has 0 aromatic rings. The molecule has 2 unspecified atom stereocenters. The molecule has 2 rings (SSSR count). The number of sulfone groups is 1. The first-order valence-corrected chi connectivity index (χ1v) is 8.64. The Balaban J connectivity index is 2.16. The third kappa shape index (κ3) is 3.38. The van der Waals surface area contributed by atoms with E-state index >= 15 is 0 Å². The average Bonchev–Trinajstić information content (AvgIpc) is 2.43. The minimum absolute atomic E-state index is 0.170. The van der Waals surface area contributed by atoms with Gasteiger partial charge in [-0.25, -0.2) is 8.42 Å². The van der Waals surface area contributed by atoms with Gasteiger partial charge >= 0.3 is 0 Å². The van der Waals surface area contributed by atoms with E-state index in [-0.39, 0.29) is 22.8 Å². The van der Waals surface area contributed by atoms with Crippen LogP contribution in [0.3, 0.4) is 0 Å². The van der Waals surface area contributed by atoms with Crippen molar-refractivity contribution in [2.24, 2.45) is 10.8 Å². The van der Waals surface area contributed by atoms with E-state index in [2.05, 4.69) is 20.8 Å². The maximum Gasteiger partial charge on any atom is 0.247 e. The van der Waals surface area contributed by atoms with Crippen molar-refractivity contribution in [3.63, 3.8) is 0 Å². The first kappa shape index (κ1) is 14.6. The van der Waals surface area contributed by atoms with Crippen LogP contribution in [-0.4, -0.2) is 38.1 Å². The van der Waals surface area contributed by atoms with Gasteiger partial charge in [0.25, 0.3) is 0 Å². The summed E-state index contributed by atoms with van der Waals surface area (Å²) in [5.74, 6) is -0.170. The molecule has 19 heavy (non-hydrogen) atoms. The van der Waals surface area contributed by atoms with Gasteiger partial charge in [-0.3, -0.25) is 4.79 Å². The van der Waals surface area contributed by atoms with Crippen LogP contribution < -0.4 is 0 Å². The summed E-state index contributed by atoms with van der Waals surface area (Å²) >= 11 is 0. The summed E-state index contributed by atoms with van der Waals surface area (Å²) in [7, 11) is -3.24. The van der Waals surface area contributed by atoms with Crippen LogP contribution in [0, 0.1) is 10.8 Å². The van der Waals surface area contributed by atoms with E-state index in [4.69, 9.17) is 0 Å². The predicted molar refractivity (Wildman–Crippen MR) is 75.2 cm³/mol. The number of carbonyl (C=O) groups excluding carboxylic acids is 1. The molecule has 0 N–H and O–H groups in total. The summed E-state index contributed by atoms with van der Waals surface area (Å²) in [6.45, 7) is 7.47. The molecule has 2 atom stereocenters. The quantitative estimate of drug-likeness (QED) is 0.729. The van der Waals surface area contributed by atoms with Gasteiger partial charge in [-0.2, -0.15) is 0 Å². The molecule has 0 aromatic heterocycles. The Morgan fingerprint density at radius 1 is 1.26 bits per heavy atom.